The van der Waals surface area contributed by atoms with Gasteiger partial charge in [-0.05, 0) is 34.0 Å². The molecule has 1 atom stereocenters. The molecule has 4 heterocycles. The first kappa shape index (κ1) is 15.4. The van der Waals surface area contributed by atoms with Gasteiger partial charge in [-0.1, -0.05) is 6.07 Å². The second-order valence-electron chi connectivity index (χ2n) is 5.78. The molecule has 0 radical (unpaired) electrons. The highest BCUT2D eigenvalue weighted by Gasteiger charge is 2.25. The summed E-state index contributed by atoms with van der Waals surface area (Å²) in [5.41, 5.74) is 0.648. The van der Waals surface area contributed by atoms with Gasteiger partial charge in [0.1, 0.15) is 0 Å². The fourth-order valence-corrected chi connectivity index (χ4v) is 3.80. The van der Waals surface area contributed by atoms with E-state index < -0.39 is 0 Å². The van der Waals surface area contributed by atoms with Crippen LogP contribution in [0.1, 0.15) is 10.9 Å². The molecule has 0 unspecified atom stereocenters. The lowest BCUT2D eigenvalue weighted by atomic mass is 10.1. The summed E-state index contributed by atoms with van der Waals surface area (Å²) in [6, 6.07) is 8.48. The lowest BCUT2D eigenvalue weighted by Gasteiger charge is -2.36. The zero-order chi connectivity index (χ0) is 16.4. The topological polar surface area (TPSA) is 71.7 Å². The summed E-state index contributed by atoms with van der Waals surface area (Å²) in [5.74, 6) is 0.851. The van der Waals surface area contributed by atoms with Crippen molar-refractivity contribution in [2.45, 2.75) is 6.04 Å². The van der Waals surface area contributed by atoms with E-state index in [2.05, 4.69) is 55.0 Å². The van der Waals surface area contributed by atoms with Crippen molar-refractivity contribution in [2.75, 3.05) is 44.8 Å². The van der Waals surface area contributed by atoms with Crippen LogP contribution in [0.5, 0.6) is 0 Å². The van der Waals surface area contributed by atoms with E-state index in [0.29, 0.717) is 11.7 Å². The first-order valence-corrected chi connectivity index (χ1v) is 8.81. The first-order chi connectivity index (χ1) is 11.8. The molecular formula is C15H19N7OS. The van der Waals surface area contributed by atoms with Gasteiger partial charge in [-0.3, -0.25) is 4.90 Å². The van der Waals surface area contributed by atoms with Gasteiger partial charge in [0, 0.05) is 31.6 Å². The molecule has 0 aliphatic carbocycles. The van der Waals surface area contributed by atoms with Crippen LogP contribution in [-0.2, 0) is 4.74 Å². The standard InChI is InChI=1S/C15H19N7OS/c1-20(15-5-4-14-16-18-19-22(14)17-15)11-12(13-3-2-10-24-13)21-6-8-23-9-7-21/h2-5,10,12H,6-9,11H2,1H3/t12-/m1/s1. The summed E-state index contributed by atoms with van der Waals surface area (Å²) in [5, 5.41) is 18.0. The molecule has 126 valence electrons. The smallest absolute Gasteiger partial charge is 0.200 e. The third-order valence-corrected chi connectivity index (χ3v) is 5.22. The highest BCUT2D eigenvalue weighted by molar-refractivity contribution is 7.10. The Morgan fingerprint density at radius 2 is 2.17 bits per heavy atom. The Kier molecular flexibility index (Phi) is 4.37. The second-order valence-corrected chi connectivity index (χ2v) is 6.76. The van der Waals surface area contributed by atoms with Gasteiger partial charge in [0.15, 0.2) is 11.5 Å². The Morgan fingerprint density at radius 1 is 1.29 bits per heavy atom. The van der Waals surface area contributed by atoms with Crippen LogP contribution >= 0.6 is 11.3 Å². The fourth-order valence-electron chi connectivity index (χ4n) is 2.95. The van der Waals surface area contributed by atoms with E-state index in [4.69, 9.17) is 4.74 Å². The molecule has 4 rings (SSSR count). The van der Waals surface area contributed by atoms with Gasteiger partial charge < -0.3 is 9.64 Å². The number of aromatic nitrogens is 5. The number of hydrogen-bond donors (Lipinski definition) is 0. The van der Waals surface area contributed by atoms with Crippen molar-refractivity contribution in [1.29, 1.82) is 0 Å². The molecule has 0 aromatic carbocycles. The lowest BCUT2D eigenvalue weighted by Crippen LogP contribution is -2.43. The summed E-state index contributed by atoms with van der Waals surface area (Å²) in [6.07, 6.45) is 0. The number of morpholine rings is 1. The summed E-state index contributed by atoms with van der Waals surface area (Å²) in [4.78, 5) is 6.01. The molecule has 1 saturated heterocycles. The fraction of sp³-hybridized carbons (Fsp3) is 0.467. The molecule has 24 heavy (non-hydrogen) atoms. The van der Waals surface area contributed by atoms with E-state index in [1.54, 1.807) is 11.3 Å². The zero-order valence-electron chi connectivity index (χ0n) is 13.4. The van der Waals surface area contributed by atoms with Crippen molar-refractivity contribution in [3.05, 3.63) is 34.5 Å². The number of tetrazole rings is 1. The summed E-state index contributed by atoms with van der Waals surface area (Å²) in [7, 11) is 2.06. The van der Waals surface area contributed by atoms with E-state index >= 15 is 0 Å². The number of ether oxygens (including phenoxy) is 1. The number of likely N-dealkylation sites (N-methyl/N-ethyl adjacent to an activating group) is 1. The molecule has 1 fully saturated rings. The van der Waals surface area contributed by atoms with Gasteiger partial charge in [0.25, 0.3) is 0 Å². The predicted octanol–water partition coefficient (Wildman–Crippen LogP) is 1.09. The van der Waals surface area contributed by atoms with Crippen molar-refractivity contribution in [3.8, 4) is 0 Å². The predicted molar refractivity (Wildman–Crippen MR) is 91.3 cm³/mol. The van der Waals surface area contributed by atoms with Crippen LogP contribution in [0.3, 0.4) is 0 Å². The zero-order valence-corrected chi connectivity index (χ0v) is 14.3. The van der Waals surface area contributed by atoms with Crippen LogP contribution in [0, 0.1) is 0 Å². The second kappa shape index (κ2) is 6.80. The summed E-state index contributed by atoms with van der Waals surface area (Å²) < 4.78 is 6.97. The number of thiophene rings is 1. The molecule has 9 heteroatoms. The highest BCUT2D eigenvalue weighted by Crippen LogP contribution is 2.27. The van der Waals surface area contributed by atoms with Gasteiger partial charge >= 0.3 is 0 Å². The molecule has 8 nitrogen and oxygen atoms in total. The number of rotatable bonds is 5. The molecule has 0 spiro atoms. The number of nitrogens with zero attached hydrogens (tertiary/aromatic N) is 7. The molecule has 3 aromatic heterocycles. The third kappa shape index (κ3) is 3.10. The van der Waals surface area contributed by atoms with Crippen LogP contribution in [0.25, 0.3) is 5.65 Å². The van der Waals surface area contributed by atoms with E-state index in [9.17, 15) is 0 Å². The van der Waals surface area contributed by atoms with Crippen LogP contribution in [0.2, 0.25) is 0 Å². The molecule has 0 N–H and O–H groups in total. The summed E-state index contributed by atoms with van der Waals surface area (Å²) in [6.45, 7) is 4.34. The summed E-state index contributed by atoms with van der Waals surface area (Å²) >= 11 is 1.80. The van der Waals surface area contributed by atoms with Gasteiger partial charge in [0.05, 0.1) is 19.3 Å². The average molecular weight is 345 g/mol. The van der Waals surface area contributed by atoms with Crippen LogP contribution < -0.4 is 4.90 Å². The van der Waals surface area contributed by atoms with Crippen LogP contribution in [-0.4, -0.2) is 70.0 Å². The minimum Gasteiger partial charge on any atom is -0.379 e. The van der Waals surface area contributed by atoms with E-state index in [-0.39, 0.29) is 0 Å². The normalized spacial score (nSPS) is 17.2. The van der Waals surface area contributed by atoms with Crippen molar-refractivity contribution < 1.29 is 4.74 Å². The monoisotopic (exact) mass is 345 g/mol. The maximum atomic E-state index is 5.51. The van der Waals surface area contributed by atoms with Crippen LogP contribution in [0.15, 0.2) is 29.6 Å². The van der Waals surface area contributed by atoms with Crippen LogP contribution in [0.4, 0.5) is 5.82 Å². The molecule has 1 aliphatic heterocycles. The van der Waals surface area contributed by atoms with E-state index in [1.165, 1.54) is 9.51 Å². The Labute approximate surface area is 143 Å². The van der Waals surface area contributed by atoms with Gasteiger partial charge in [-0.2, -0.15) is 0 Å². The van der Waals surface area contributed by atoms with Crippen molar-refractivity contribution in [3.63, 3.8) is 0 Å². The highest BCUT2D eigenvalue weighted by atomic mass is 32.1. The number of fused-ring (bicyclic) bond motifs is 1. The third-order valence-electron chi connectivity index (χ3n) is 4.25. The SMILES string of the molecule is CN(C[C@H](c1cccs1)N1CCOCC1)c1ccc2nnnn2n1. The van der Waals surface area contributed by atoms with E-state index in [1.807, 2.05) is 12.1 Å². The molecular weight excluding hydrogens is 326 g/mol. The number of anilines is 1. The quantitative estimate of drug-likeness (QED) is 0.685. The minimum atomic E-state index is 0.324. The van der Waals surface area contributed by atoms with Crippen molar-refractivity contribution in [2.24, 2.45) is 0 Å². The Balaban J connectivity index is 1.56. The maximum Gasteiger partial charge on any atom is 0.200 e. The van der Waals surface area contributed by atoms with Gasteiger partial charge in [-0.25, -0.2) is 0 Å². The number of hydrogen-bond acceptors (Lipinski definition) is 8. The maximum absolute atomic E-state index is 5.51. The first-order valence-electron chi connectivity index (χ1n) is 7.93. The van der Waals surface area contributed by atoms with Gasteiger partial charge in [0.2, 0.25) is 0 Å². The lowest BCUT2D eigenvalue weighted by molar-refractivity contribution is 0.0183. The van der Waals surface area contributed by atoms with Gasteiger partial charge in [-0.15, -0.1) is 26.2 Å². The van der Waals surface area contributed by atoms with Crippen molar-refractivity contribution >= 4 is 22.8 Å². The molecule has 1 aliphatic rings. The molecule has 3 aromatic rings. The Morgan fingerprint density at radius 3 is 2.96 bits per heavy atom. The minimum absolute atomic E-state index is 0.324. The molecule has 0 saturated carbocycles. The molecule has 0 bridgehead atoms. The molecule has 0 amide bonds. The average Bonchev–Trinajstić information content (AvgIpc) is 3.31. The Hall–Kier alpha value is -2.10. The largest absolute Gasteiger partial charge is 0.379 e. The Bertz CT molecular complexity index is 784. The van der Waals surface area contributed by atoms with Crippen molar-refractivity contribution in [1.82, 2.24) is 30.2 Å². The van der Waals surface area contributed by atoms with E-state index in [0.717, 1.165) is 38.7 Å².